The third kappa shape index (κ3) is 5.98. The molecule has 0 N–H and O–H groups in total. The second-order valence-electron chi connectivity index (χ2n) is 3.87. The Morgan fingerprint density at radius 1 is 1.27 bits per heavy atom. The number of unbranched alkanes of at least 4 members (excludes halogenated alkanes) is 1. The van der Waals surface area contributed by atoms with Gasteiger partial charge in [0.1, 0.15) is 0 Å². The fraction of sp³-hybridized carbons (Fsp3) is 0.429. The maximum absolute atomic E-state index is 2.44. The van der Waals surface area contributed by atoms with Crippen LogP contribution in [0.15, 0.2) is 42.0 Å². The van der Waals surface area contributed by atoms with Gasteiger partial charge in [0, 0.05) is 0 Å². The summed E-state index contributed by atoms with van der Waals surface area (Å²) in [6, 6.07) is 10.7. The zero-order valence-corrected chi connectivity index (χ0v) is 11.5. The van der Waals surface area contributed by atoms with Crippen LogP contribution in [0.3, 0.4) is 0 Å². The van der Waals surface area contributed by atoms with E-state index < -0.39 is 0 Å². The molecule has 1 rings (SSSR count). The predicted octanol–water partition coefficient (Wildman–Crippen LogP) is 4.78. The van der Waals surface area contributed by atoms with E-state index in [2.05, 4.69) is 65.9 Å². The van der Waals surface area contributed by atoms with Crippen molar-refractivity contribution in [2.75, 3.05) is 4.43 Å². The smallest absolute Gasteiger partial charge is 0.000178 e. The van der Waals surface area contributed by atoms with Crippen LogP contribution in [0.2, 0.25) is 0 Å². The van der Waals surface area contributed by atoms with E-state index in [1.54, 1.807) is 0 Å². The third-order valence-corrected chi connectivity index (χ3v) is 3.24. The van der Waals surface area contributed by atoms with Crippen molar-refractivity contribution in [3.8, 4) is 0 Å². The molecular formula is C14H19I. The number of halogens is 1. The van der Waals surface area contributed by atoms with Gasteiger partial charge in [-0.1, -0.05) is 64.6 Å². The number of allylic oxidation sites excluding steroid dienone is 2. The zero-order chi connectivity index (χ0) is 10.9. The Kier molecular flexibility index (Phi) is 6.73. The van der Waals surface area contributed by atoms with Crippen molar-refractivity contribution >= 4 is 22.6 Å². The molecule has 0 spiro atoms. The molecule has 0 aliphatic heterocycles. The summed E-state index contributed by atoms with van der Waals surface area (Å²) in [5, 5.41) is 0. The van der Waals surface area contributed by atoms with Gasteiger partial charge < -0.3 is 0 Å². The molecule has 0 aliphatic carbocycles. The highest BCUT2D eigenvalue weighted by atomic mass is 127. The minimum Gasteiger partial charge on any atom is -0.0864 e. The van der Waals surface area contributed by atoms with E-state index in [1.807, 2.05) is 0 Å². The van der Waals surface area contributed by atoms with Gasteiger partial charge in [0.15, 0.2) is 0 Å². The Balaban J connectivity index is 2.28. The Morgan fingerprint density at radius 3 is 2.67 bits per heavy atom. The Morgan fingerprint density at radius 2 is 2.00 bits per heavy atom. The molecule has 0 saturated heterocycles. The number of hydrogen-bond donors (Lipinski definition) is 0. The lowest BCUT2D eigenvalue weighted by atomic mass is 10.0. The third-order valence-electron chi connectivity index (χ3n) is 2.48. The summed E-state index contributed by atoms with van der Waals surface area (Å²) in [7, 11) is 0. The summed E-state index contributed by atoms with van der Waals surface area (Å²) >= 11 is 2.44. The van der Waals surface area contributed by atoms with E-state index >= 15 is 0 Å². The predicted molar refractivity (Wildman–Crippen MR) is 76.6 cm³/mol. The fourth-order valence-corrected chi connectivity index (χ4v) is 1.95. The van der Waals surface area contributed by atoms with Gasteiger partial charge in [-0.15, -0.1) is 0 Å². The van der Waals surface area contributed by atoms with E-state index in [-0.39, 0.29) is 0 Å². The first-order chi connectivity index (χ1) is 7.33. The van der Waals surface area contributed by atoms with Crippen molar-refractivity contribution in [3.05, 3.63) is 47.5 Å². The molecule has 0 atom stereocenters. The first-order valence-electron chi connectivity index (χ1n) is 5.58. The highest BCUT2D eigenvalue weighted by Crippen LogP contribution is 2.10. The van der Waals surface area contributed by atoms with Crippen molar-refractivity contribution in [1.82, 2.24) is 0 Å². The van der Waals surface area contributed by atoms with Crippen molar-refractivity contribution in [2.24, 2.45) is 0 Å². The van der Waals surface area contributed by atoms with Crippen LogP contribution in [0.1, 0.15) is 31.7 Å². The van der Waals surface area contributed by atoms with Gasteiger partial charge in [-0.2, -0.15) is 0 Å². The number of hydrogen-bond acceptors (Lipinski definition) is 0. The van der Waals surface area contributed by atoms with Crippen LogP contribution in [0.4, 0.5) is 0 Å². The summed E-state index contributed by atoms with van der Waals surface area (Å²) in [5.41, 5.74) is 2.97. The quantitative estimate of drug-likeness (QED) is 0.307. The Bertz CT molecular complexity index is 287. The fourth-order valence-electron chi connectivity index (χ4n) is 1.51. The summed E-state index contributed by atoms with van der Waals surface area (Å²) in [6.07, 6.45) is 7.31. The second kappa shape index (κ2) is 7.91. The molecule has 0 aromatic heterocycles. The number of benzene rings is 1. The molecular weight excluding hydrogens is 295 g/mol. The van der Waals surface area contributed by atoms with Gasteiger partial charge in [0.25, 0.3) is 0 Å². The lowest BCUT2D eigenvalue weighted by Gasteiger charge is -2.02. The minimum absolute atomic E-state index is 1.17. The molecule has 82 valence electrons. The average Bonchev–Trinajstić information content (AvgIpc) is 2.28. The van der Waals surface area contributed by atoms with Crippen LogP contribution in [0.5, 0.6) is 0 Å². The van der Waals surface area contributed by atoms with Crippen LogP contribution in [0.25, 0.3) is 0 Å². The molecule has 0 heterocycles. The van der Waals surface area contributed by atoms with E-state index in [9.17, 15) is 0 Å². The molecule has 0 aliphatic rings. The zero-order valence-electron chi connectivity index (χ0n) is 9.38. The van der Waals surface area contributed by atoms with E-state index in [4.69, 9.17) is 0 Å². The standard InChI is InChI=1S/C14H19I/c1-13(7-5-6-12-15)10-11-14-8-3-2-4-9-14/h2-4,7-9H,5-6,10-12H2,1H3/b13-7+. The molecule has 0 amide bonds. The summed E-state index contributed by atoms with van der Waals surface area (Å²) < 4.78 is 1.26. The first kappa shape index (κ1) is 12.8. The first-order valence-corrected chi connectivity index (χ1v) is 7.11. The highest BCUT2D eigenvalue weighted by molar-refractivity contribution is 14.1. The Hall–Kier alpha value is -0.310. The highest BCUT2D eigenvalue weighted by Gasteiger charge is 1.93. The van der Waals surface area contributed by atoms with Crippen molar-refractivity contribution in [2.45, 2.75) is 32.6 Å². The molecule has 0 nitrogen and oxygen atoms in total. The van der Waals surface area contributed by atoms with Crippen LogP contribution in [-0.4, -0.2) is 4.43 Å². The van der Waals surface area contributed by atoms with Crippen LogP contribution in [0, 0.1) is 0 Å². The van der Waals surface area contributed by atoms with Crippen LogP contribution < -0.4 is 0 Å². The SMILES string of the molecule is C/C(=C\CCCI)CCc1ccccc1. The van der Waals surface area contributed by atoms with Gasteiger partial charge in [-0.05, 0) is 42.6 Å². The summed E-state index contributed by atoms with van der Waals surface area (Å²) in [6.45, 7) is 2.25. The minimum atomic E-state index is 1.17. The van der Waals surface area contributed by atoms with Gasteiger partial charge in [-0.3, -0.25) is 0 Å². The molecule has 1 aromatic carbocycles. The van der Waals surface area contributed by atoms with E-state index in [0.29, 0.717) is 0 Å². The van der Waals surface area contributed by atoms with Crippen molar-refractivity contribution < 1.29 is 0 Å². The maximum atomic E-state index is 2.44. The van der Waals surface area contributed by atoms with E-state index in [1.165, 1.54) is 41.2 Å². The molecule has 0 unspecified atom stereocenters. The monoisotopic (exact) mass is 314 g/mol. The van der Waals surface area contributed by atoms with Crippen LogP contribution >= 0.6 is 22.6 Å². The maximum Gasteiger partial charge on any atom is -0.000178 e. The number of alkyl halides is 1. The van der Waals surface area contributed by atoms with Gasteiger partial charge in [0.2, 0.25) is 0 Å². The molecule has 0 bridgehead atoms. The molecule has 1 aromatic rings. The lowest BCUT2D eigenvalue weighted by Crippen LogP contribution is -1.86. The van der Waals surface area contributed by atoms with Gasteiger partial charge >= 0.3 is 0 Å². The van der Waals surface area contributed by atoms with Gasteiger partial charge in [-0.25, -0.2) is 0 Å². The molecule has 1 heteroatoms. The lowest BCUT2D eigenvalue weighted by molar-refractivity contribution is 0.905. The molecule has 0 fully saturated rings. The number of rotatable bonds is 6. The van der Waals surface area contributed by atoms with Crippen LogP contribution in [-0.2, 0) is 6.42 Å². The Labute approximate surface area is 107 Å². The number of aryl methyl sites for hydroxylation is 1. The average molecular weight is 314 g/mol. The summed E-state index contributed by atoms with van der Waals surface area (Å²) in [5.74, 6) is 0. The van der Waals surface area contributed by atoms with Crippen molar-refractivity contribution in [3.63, 3.8) is 0 Å². The topological polar surface area (TPSA) is 0 Å². The second-order valence-corrected chi connectivity index (χ2v) is 4.95. The molecule has 0 saturated carbocycles. The normalized spacial score (nSPS) is 11.7. The van der Waals surface area contributed by atoms with E-state index in [0.717, 1.165) is 0 Å². The summed E-state index contributed by atoms with van der Waals surface area (Å²) in [4.78, 5) is 0. The van der Waals surface area contributed by atoms with Gasteiger partial charge in [0.05, 0.1) is 0 Å². The largest absolute Gasteiger partial charge is 0.0864 e. The molecule has 0 radical (unpaired) electrons. The molecule has 15 heavy (non-hydrogen) atoms. The van der Waals surface area contributed by atoms with Crippen molar-refractivity contribution in [1.29, 1.82) is 0 Å².